The fraction of sp³-hybridized carbons (Fsp3) is 0.250. The molecule has 0 amide bonds. The molecule has 4 heteroatoms. The Labute approximate surface area is 81.9 Å². The number of ether oxygens (including phenoxy) is 1. The van der Waals surface area contributed by atoms with Crippen molar-refractivity contribution in [3.8, 4) is 5.75 Å². The average molecular weight is 164 g/mol. The zero-order valence-corrected chi connectivity index (χ0v) is 7.03. The Bertz CT molecular complexity index is 253. The quantitative estimate of drug-likeness (QED) is 0.409. The first-order chi connectivity index (χ1) is 5.24. The molecular weight excluding hydrogens is 157 g/mol. The summed E-state index contributed by atoms with van der Waals surface area (Å²) in [6.07, 6.45) is 0. The predicted molar refractivity (Wildman–Crippen MR) is 36.4 cm³/mol. The fourth-order valence-corrected chi connectivity index (χ4v) is 0.668. The average Bonchev–Trinajstić information content (AvgIpc) is 1.98. The topological polar surface area (TPSA) is 9.23 Å². The van der Waals surface area contributed by atoms with E-state index < -0.39 is 11.6 Å². The maximum Gasteiger partial charge on any atom is 1.00 e. The van der Waals surface area contributed by atoms with E-state index in [1.165, 1.54) is 0 Å². The molecule has 12 heavy (non-hydrogen) atoms. The molecule has 0 aliphatic carbocycles. The minimum atomic E-state index is -0.910. The van der Waals surface area contributed by atoms with Gasteiger partial charge in [-0.2, -0.15) is 0 Å². The molecule has 0 aliphatic rings. The summed E-state index contributed by atoms with van der Waals surface area (Å²) < 4.78 is 29.6. The third-order valence-electron chi connectivity index (χ3n) is 1.13. The molecule has 1 nitrogen and oxygen atoms in total. The van der Waals surface area contributed by atoms with Crippen LogP contribution in [0.1, 0.15) is 6.92 Å². The minimum Gasteiger partial charge on any atom is -0.520 e. The summed E-state index contributed by atoms with van der Waals surface area (Å²) in [5.41, 5.74) is 0. The second-order valence-electron chi connectivity index (χ2n) is 1.93. The first-order valence-corrected chi connectivity index (χ1v) is 3.23. The zero-order chi connectivity index (χ0) is 8.27. The van der Waals surface area contributed by atoms with Gasteiger partial charge in [-0.25, -0.2) is 4.39 Å². The minimum absolute atomic E-state index is 0. The van der Waals surface area contributed by atoms with Gasteiger partial charge in [0.25, 0.3) is 0 Å². The van der Waals surface area contributed by atoms with Crippen molar-refractivity contribution in [1.82, 2.24) is 0 Å². The Morgan fingerprint density at radius 3 is 2.58 bits per heavy atom. The third kappa shape index (κ3) is 2.84. The van der Waals surface area contributed by atoms with Crippen molar-refractivity contribution in [3.05, 3.63) is 29.8 Å². The van der Waals surface area contributed by atoms with E-state index in [2.05, 4.69) is 6.07 Å². The van der Waals surface area contributed by atoms with Crippen LogP contribution in [0.15, 0.2) is 12.1 Å². The van der Waals surface area contributed by atoms with Gasteiger partial charge in [-0.05, 0) is 6.92 Å². The molecule has 0 N–H and O–H groups in total. The molecule has 0 unspecified atom stereocenters. The molecule has 0 heterocycles. The number of rotatable bonds is 2. The van der Waals surface area contributed by atoms with Crippen LogP contribution in [0, 0.1) is 17.7 Å². The van der Waals surface area contributed by atoms with Crippen LogP contribution in [-0.2, 0) is 0 Å². The SMILES string of the molecule is CCOc1[c-]cc(F)c(F)c1.[Li+]. The van der Waals surface area contributed by atoms with Gasteiger partial charge in [0.15, 0.2) is 0 Å². The molecular formula is C8H7F2LiO. The first kappa shape index (κ1) is 11.5. The summed E-state index contributed by atoms with van der Waals surface area (Å²) in [5, 5.41) is 0. The third-order valence-corrected chi connectivity index (χ3v) is 1.13. The van der Waals surface area contributed by atoms with Crippen molar-refractivity contribution < 1.29 is 32.4 Å². The van der Waals surface area contributed by atoms with E-state index in [9.17, 15) is 8.78 Å². The van der Waals surface area contributed by atoms with Gasteiger partial charge in [0.05, 0.1) is 12.4 Å². The van der Waals surface area contributed by atoms with Crippen molar-refractivity contribution in [2.24, 2.45) is 0 Å². The largest absolute Gasteiger partial charge is 1.00 e. The summed E-state index contributed by atoms with van der Waals surface area (Å²) >= 11 is 0. The van der Waals surface area contributed by atoms with Crippen LogP contribution in [-0.4, -0.2) is 6.61 Å². The van der Waals surface area contributed by atoms with Crippen molar-refractivity contribution in [2.45, 2.75) is 6.92 Å². The normalized spacial score (nSPS) is 8.92. The van der Waals surface area contributed by atoms with Gasteiger partial charge < -0.3 is 4.74 Å². The van der Waals surface area contributed by atoms with E-state index in [4.69, 9.17) is 4.74 Å². The second-order valence-corrected chi connectivity index (χ2v) is 1.93. The van der Waals surface area contributed by atoms with Crippen LogP contribution in [0.25, 0.3) is 0 Å². The molecule has 0 saturated carbocycles. The van der Waals surface area contributed by atoms with E-state index in [0.717, 1.165) is 12.1 Å². The Morgan fingerprint density at radius 1 is 1.42 bits per heavy atom. The molecule has 1 rings (SSSR count). The molecule has 60 valence electrons. The molecule has 0 aliphatic heterocycles. The van der Waals surface area contributed by atoms with Crippen LogP contribution < -0.4 is 23.6 Å². The molecule has 1 aromatic carbocycles. The van der Waals surface area contributed by atoms with Crippen molar-refractivity contribution >= 4 is 0 Å². The predicted octanol–water partition coefficient (Wildman–Crippen LogP) is -0.832. The monoisotopic (exact) mass is 164 g/mol. The van der Waals surface area contributed by atoms with E-state index in [1.54, 1.807) is 6.92 Å². The summed E-state index contributed by atoms with van der Waals surface area (Å²) in [6.45, 7) is 2.18. The number of hydrogen-bond acceptors (Lipinski definition) is 1. The van der Waals surface area contributed by atoms with Crippen LogP contribution in [0.5, 0.6) is 5.75 Å². The number of halogens is 2. The van der Waals surface area contributed by atoms with Gasteiger partial charge in [0.2, 0.25) is 0 Å². The fourth-order valence-electron chi connectivity index (χ4n) is 0.668. The van der Waals surface area contributed by atoms with E-state index in [-0.39, 0.29) is 24.6 Å². The molecule has 0 bridgehead atoms. The van der Waals surface area contributed by atoms with Crippen molar-refractivity contribution in [1.29, 1.82) is 0 Å². The second kappa shape index (κ2) is 5.18. The standard InChI is InChI=1S/C8H7F2O.Li/c1-2-11-6-3-4-7(9)8(10)5-6;/h4-5H,2H2,1H3;/q-1;+1. The maximum absolute atomic E-state index is 12.4. The Morgan fingerprint density at radius 2 is 2.08 bits per heavy atom. The van der Waals surface area contributed by atoms with Crippen LogP contribution in [0.2, 0.25) is 0 Å². The summed E-state index contributed by atoms with van der Waals surface area (Å²) in [6, 6.07) is 4.33. The smallest absolute Gasteiger partial charge is 0.520 e. The van der Waals surface area contributed by atoms with Gasteiger partial charge in [-0.3, -0.25) is 4.39 Å². The summed E-state index contributed by atoms with van der Waals surface area (Å²) in [7, 11) is 0. The maximum atomic E-state index is 12.4. The summed E-state index contributed by atoms with van der Waals surface area (Å²) in [5.74, 6) is -1.59. The molecule has 0 radical (unpaired) electrons. The first-order valence-electron chi connectivity index (χ1n) is 3.23. The van der Waals surface area contributed by atoms with Gasteiger partial charge in [-0.15, -0.1) is 12.1 Å². The zero-order valence-electron chi connectivity index (χ0n) is 7.03. The van der Waals surface area contributed by atoms with Gasteiger partial charge >= 0.3 is 18.9 Å². The summed E-state index contributed by atoms with van der Waals surface area (Å²) in [4.78, 5) is 0. The van der Waals surface area contributed by atoms with E-state index in [0.29, 0.717) is 6.61 Å². The van der Waals surface area contributed by atoms with Crippen molar-refractivity contribution in [3.63, 3.8) is 0 Å². The molecule has 0 saturated heterocycles. The van der Waals surface area contributed by atoms with Crippen LogP contribution >= 0.6 is 0 Å². The molecule has 0 fully saturated rings. The Hall–Kier alpha value is -0.523. The number of hydrogen-bond donors (Lipinski definition) is 0. The Kier molecular flexibility index (Phi) is 4.96. The van der Waals surface area contributed by atoms with E-state index in [1.807, 2.05) is 0 Å². The Balaban J connectivity index is 0.00000121. The van der Waals surface area contributed by atoms with Crippen molar-refractivity contribution in [2.75, 3.05) is 6.61 Å². The number of benzene rings is 1. The van der Waals surface area contributed by atoms with Crippen LogP contribution in [0.3, 0.4) is 0 Å². The molecule has 0 spiro atoms. The molecule has 0 aromatic heterocycles. The molecule has 1 aromatic rings. The van der Waals surface area contributed by atoms with Gasteiger partial charge in [0.1, 0.15) is 0 Å². The van der Waals surface area contributed by atoms with E-state index >= 15 is 0 Å². The van der Waals surface area contributed by atoms with Crippen LogP contribution in [0.4, 0.5) is 8.78 Å². The molecule has 0 atom stereocenters. The van der Waals surface area contributed by atoms with Gasteiger partial charge in [0, 0.05) is 11.6 Å². The van der Waals surface area contributed by atoms with Gasteiger partial charge in [-0.1, -0.05) is 6.07 Å².